The van der Waals surface area contributed by atoms with Gasteiger partial charge in [-0.05, 0) is 57.3 Å². The lowest BCUT2D eigenvalue weighted by molar-refractivity contribution is 0.486. The van der Waals surface area contributed by atoms with E-state index in [1.165, 1.54) is 0 Å². The second-order valence-corrected chi connectivity index (χ2v) is 11.6. The molecule has 0 fully saturated rings. The van der Waals surface area contributed by atoms with E-state index in [1.807, 2.05) is 60.7 Å². The number of hydrogen-bond donors (Lipinski definition) is 0. The van der Waals surface area contributed by atoms with Crippen LogP contribution in [0.5, 0.6) is 11.5 Å². The van der Waals surface area contributed by atoms with E-state index >= 15 is 0 Å². The molecule has 0 saturated carbocycles. The summed E-state index contributed by atoms with van der Waals surface area (Å²) in [5.74, 6) is 3.55. The zero-order chi connectivity index (χ0) is 31.2. The average Bonchev–Trinajstić information content (AvgIpc) is 3.15. The molecule has 220 valence electrons. The van der Waals surface area contributed by atoms with Crippen LogP contribution in [0.3, 0.4) is 0 Å². The molecule has 1 aliphatic rings. The van der Waals surface area contributed by atoms with E-state index in [-0.39, 0.29) is 0 Å². The van der Waals surface area contributed by atoms with Crippen molar-refractivity contribution in [1.82, 2.24) is 15.0 Å². The number of hydrogen-bond acceptors (Lipinski definition) is 4. The highest BCUT2D eigenvalue weighted by Gasteiger charge is 2.23. The third-order valence-corrected chi connectivity index (χ3v) is 8.75. The minimum Gasteiger partial charge on any atom is -0.456 e. The molecule has 47 heavy (non-hydrogen) atoms. The summed E-state index contributed by atoms with van der Waals surface area (Å²) in [5, 5.41) is 2.21. The Bertz CT molecular complexity index is 2390. The first-order valence-corrected chi connectivity index (χ1v) is 15.7. The summed E-state index contributed by atoms with van der Waals surface area (Å²) >= 11 is 0. The third kappa shape index (κ3) is 4.75. The molecular weight excluding hydrogens is 574 g/mol. The van der Waals surface area contributed by atoms with E-state index in [1.54, 1.807) is 0 Å². The highest BCUT2D eigenvalue weighted by atomic mass is 16.5. The molecule has 9 rings (SSSR count). The molecule has 0 atom stereocenters. The second kappa shape index (κ2) is 11.2. The van der Waals surface area contributed by atoms with Gasteiger partial charge in [-0.15, -0.1) is 0 Å². The van der Waals surface area contributed by atoms with Crippen LogP contribution in [-0.2, 0) is 0 Å². The van der Waals surface area contributed by atoms with Crippen LogP contribution in [-0.4, -0.2) is 15.0 Å². The van der Waals surface area contributed by atoms with Gasteiger partial charge in [-0.2, -0.15) is 0 Å². The lowest BCUT2D eigenvalue weighted by Crippen LogP contribution is -2.02. The molecule has 7 aromatic carbocycles. The van der Waals surface area contributed by atoms with Gasteiger partial charge in [0.1, 0.15) is 11.5 Å². The maximum atomic E-state index is 6.52. The molecule has 0 radical (unpaired) electrons. The Hall–Kier alpha value is -6.39. The van der Waals surface area contributed by atoms with E-state index in [0.29, 0.717) is 17.5 Å². The van der Waals surface area contributed by atoms with E-state index in [2.05, 4.69) is 103 Å². The van der Waals surface area contributed by atoms with Crippen LogP contribution in [0.4, 0.5) is 0 Å². The zero-order valence-corrected chi connectivity index (χ0v) is 25.3. The van der Waals surface area contributed by atoms with Crippen molar-refractivity contribution < 1.29 is 4.74 Å². The van der Waals surface area contributed by atoms with Gasteiger partial charge in [-0.1, -0.05) is 140 Å². The van der Waals surface area contributed by atoms with Crippen LogP contribution < -0.4 is 4.74 Å². The molecule has 4 heteroatoms. The first-order chi connectivity index (χ1) is 23.3. The zero-order valence-electron chi connectivity index (χ0n) is 25.3. The molecule has 0 amide bonds. The normalized spacial score (nSPS) is 11.6. The average molecular weight is 602 g/mol. The van der Waals surface area contributed by atoms with Gasteiger partial charge in [0, 0.05) is 27.8 Å². The molecule has 0 aliphatic carbocycles. The number of nitrogens with zero attached hydrogens (tertiary/aromatic N) is 3. The smallest absolute Gasteiger partial charge is 0.164 e. The highest BCUT2D eigenvalue weighted by molar-refractivity contribution is 6.13. The molecule has 4 nitrogen and oxygen atoms in total. The molecule has 0 saturated heterocycles. The van der Waals surface area contributed by atoms with Crippen molar-refractivity contribution in [3.05, 3.63) is 164 Å². The Morgan fingerprint density at radius 1 is 0.319 bits per heavy atom. The van der Waals surface area contributed by atoms with Crippen molar-refractivity contribution in [3.63, 3.8) is 0 Å². The Labute approximate surface area is 272 Å². The topological polar surface area (TPSA) is 47.9 Å². The van der Waals surface area contributed by atoms with Gasteiger partial charge in [0.05, 0.1) is 0 Å². The Kier molecular flexibility index (Phi) is 6.43. The van der Waals surface area contributed by atoms with Gasteiger partial charge in [0.15, 0.2) is 17.5 Å². The second-order valence-electron chi connectivity index (χ2n) is 11.6. The summed E-state index contributed by atoms with van der Waals surface area (Å²) in [6, 6.07) is 56.2. The first-order valence-electron chi connectivity index (χ1n) is 15.7. The van der Waals surface area contributed by atoms with Gasteiger partial charge in [0.25, 0.3) is 0 Å². The van der Waals surface area contributed by atoms with Crippen LogP contribution in [0.2, 0.25) is 0 Å². The van der Waals surface area contributed by atoms with Crippen molar-refractivity contribution in [1.29, 1.82) is 0 Å². The predicted octanol–water partition coefficient (Wildman–Crippen LogP) is 11.1. The van der Waals surface area contributed by atoms with E-state index in [4.69, 9.17) is 19.7 Å². The monoisotopic (exact) mass is 601 g/mol. The molecule has 0 spiro atoms. The van der Waals surface area contributed by atoms with Crippen LogP contribution in [0.1, 0.15) is 0 Å². The highest BCUT2D eigenvalue weighted by Crippen LogP contribution is 2.48. The molecule has 1 aliphatic heterocycles. The summed E-state index contributed by atoms with van der Waals surface area (Å²) in [4.78, 5) is 15.3. The Morgan fingerprint density at radius 3 is 1.53 bits per heavy atom. The predicted molar refractivity (Wildman–Crippen MR) is 190 cm³/mol. The van der Waals surface area contributed by atoms with Gasteiger partial charge in [-0.25, -0.2) is 15.0 Å². The maximum Gasteiger partial charge on any atom is 0.164 e. The lowest BCUT2D eigenvalue weighted by atomic mass is 9.87. The molecular formula is C43H27N3O. The van der Waals surface area contributed by atoms with Crippen molar-refractivity contribution in [3.8, 4) is 79.0 Å². The number of ether oxygens (including phenoxy) is 1. The Morgan fingerprint density at radius 2 is 0.809 bits per heavy atom. The fourth-order valence-electron chi connectivity index (χ4n) is 6.54. The van der Waals surface area contributed by atoms with Crippen LogP contribution in [0.15, 0.2) is 164 Å². The van der Waals surface area contributed by atoms with Crippen LogP contribution in [0.25, 0.3) is 78.3 Å². The third-order valence-electron chi connectivity index (χ3n) is 8.75. The van der Waals surface area contributed by atoms with Gasteiger partial charge >= 0.3 is 0 Å². The van der Waals surface area contributed by atoms with Crippen LogP contribution >= 0.6 is 0 Å². The van der Waals surface area contributed by atoms with Crippen molar-refractivity contribution in [2.24, 2.45) is 0 Å². The molecule has 0 bridgehead atoms. The minimum absolute atomic E-state index is 0.627. The number of benzene rings is 7. The van der Waals surface area contributed by atoms with E-state index < -0.39 is 0 Å². The molecule has 0 N–H and O–H groups in total. The fraction of sp³-hybridized carbons (Fsp3) is 0. The van der Waals surface area contributed by atoms with E-state index in [0.717, 1.165) is 72.3 Å². The Balaban J connectivity index is 1.31. The molecule has 1 aromatic heterocycles. The molecule has 8 aromatic rings. The summed E-state index contributed by atoms with van der Waals surface area (Å²) in [6.45, 7) is 0. The van der Waals surface area contributed by atoms with E-state index in [9.17, 15) is 0 Å². The largest absolute Gasteiger partial charge is 0.456 e. The lowest BCUT2D eigenvalue weighted by Gasteiger charge is -2.22. The summed E-state index contributed by atoms with van der Waals surface area (Å²) in [7, 11) is 0. The van der Waals surface area contributed by atoms with Crippen molar-refractivity contribution in [2.75, 3.05) is 0 Å². The van der Waals surface area contributed by atoms with Gasteiger partial charge in [0.2, 0.25) is 0 Å². The quantitative estimate of drug-likeness (QED) is 0.201. The summed E-state index contributed by atoms with van der Waals surface area (Å²) in [6.07, 6.45) is 0. The van der Waals surface area contributed by atoms with Crippen molar-refractivity contribution >= 4 is 10.8 Å². The maximum absolute atomic E-state index is 6.52. The SMILES string of the molecule is c1ccc(-c2cccc(-c3nc(-c4ccccc4)nc(-c4ccc5c6c(cccc46)-c4ccccc4Oc4ccccc4-5)n3)c2)cc1. The number of rotatable bonds is 4. The standard InChI is InChI=1S/C43H27N3O/c1-3-13-28(14-4-1)30-17-11-18-31(27-30)42-44-41(29-15-5-2-6-16-29)45-43(46-42)37-26-25-36-33-20-8-10-24-39(33)47-38-23-9-7-19-32(38)34-21-12-22-35(37)40(34)36/h1-27H. The molecule has 0 unspecified atom stereocenters. The van der Waals surface area contributed by atoms with Crippen molar-refractivity contribution in [2.45, 2.75) is 0 Å². The van der Waals surface area contributed by atoms with Gasteiger partial charge in [-0.3, -0.25) is 0 Å². The number of fused-ring (bicyclic) bond motifs is 4. The first kappa shape index (κ1) is 27.0. The number of para-hydroxylation sites is 2. The van der Waals surface area contributed by atoms with Gasteiger partial charge < -0.3 is 4.74 Å². The van der Waals surface area contributed by atoms with Crippen LogP contribution in [0, 0.1) is 0 Å². The fourth-order valence-corrected chi connectivity index (χ4v) is 6.54. The number of aromatic nitrogens is 3. The molecule has 2 heterocycles. The summed E-state index contributed by atoms with van der Waals surface area (Å²) in [5.41, 5.74) is 9.38. The minimum atomic E-state index is 0.627. The summed E-state index contributed by atoms with van der Waals surface area (Å²) < 4.78 is 6.52.